The highest BCUT2D eigenvalue weighted by Crippen LogP contribution is 2.44. The van der Waals surface area contributed by atoms with Crippen molar-refractivity contribution in [1.82, 2.24) is 4.90 Å². The number of hydrogen-bond donors (Lipinski definition) is 0. The minimum absolute atomic E-state index is 0.0404. The van der Waals surface area contributed by atoms with Gasteiger partial charge in [-0.15, -0.1) is 0 Å². The molecule has 0 bridgehead atoms. The van der Waals surface area contributed by atoms with E-state index < -0.39 is 0 Å². The minimum Gasteiger partial charge on any atom is -0.325 e. The molecule has 0 fully saturated rings. The molecule has 2 heterocycles. The fourth-order valence-corrected chi connectivity index (χ4v) is 3.13. The Kier molecular flexibility index (Phi) is 3.74. The van der Waals surface area contributed by atoms with Crippen LogP contribution in [0.5, 0.6) is 0 Å². The van der Waals surface area contributed by atoms with E-state index in [1.165, 1.54) is 6.92 Å². The summed E-state index contributed by atoms with van der Waals surface area (Å²) in [5, 5.41) is 0. The Morgan fingerprint density at radius 2 is 1.91 bits per heavy atom. The van der Waals surface area contributed by atoms with Crippen molar-refractivity contribution in [1.29, 1.82) is 0 Å². The number of allylic oxidation sites excluding steroid dienone is 1. The van der Waals surface area contributed by atoms with Crippen molar-refractivity contribution in [3.63, 3.8) is 0 Å². The number of likely N-dealkylation sites (N-methyl/N-ethyl adjacent to an activating group) is 1. The molecule has 2 aliphatic rings. The highest BCUT2D eigenvalue weighted by Gasteiger charge is 2.39. The van der Waals surface area contributed by atoms with E-state index >= 15 is 0 Å². The zero-order chi connectivity index (χ0) is 15.9. The number of ketones is 2. The maximum Gasteiger partial charge on any atom is 0.171 e. The van der Waals surface area contributed by atoms with Gasteiger partial charge in [-0.25, -0.2) is 0 Å². The van der Waals surface area contributed by atoms with Crippen molar-refractivity contribution < 1.29 is 9.59 Å². The highest BCUT2D eigenvalue weighted by molar-refractivity contribution is 6.22. The molecule has 0 aliphatic carbocycles. The molecule has 22 heavy (non-hydrogen) atoms. The van der Waals surface area contributed by atoms with Crippen LogP contribution in [0.2, 0.25) is 0 Å². The molecule has 2 aliphatic heterocycles. The van der Waals surface area contributed by atoms with Crippen molar-refractivity contribution in [3.05, 3.63) is 35.7 Å². The van der Waals surface area contributed by atoms with Crippen molar-refractivity contribution in [3.8, 4) is 0 Å². The number of anilines is 2. The highest BCUT2D eigenvalue weighted by atomic mass is 16.1. The van der Waals surface area contributed by atoms with Crippen LogP contribution < -0.4 is 9.80 Å². The van der Waals surface area contributed by atoms with Crippen molar-refractivity contribution in [2.45, 2.75) is 13.3 Å². The first-order valence-corrected chi connectivity index (χ1v) is 7.58. The average Bonchev–Trinajstić information content (AvgIpc) is 2.78. The Morgan fingerprint density at radius 3 is 2.55 bits per heavy atom. The van der Waals surface area contributed by atoms with Gasteiger partial charge in [-0.05, 0) is 33.2 Å². The van der Waals surface area contributed by atoms with Gasteiger partial charge in [-0.1, -0.05) is 12.1 Å². The fraction of sp³-hybridized carbons (Fsp3) is 0.412. The third kappa shape index (κ3) is 2.31. The molecule has 0 radical (unpaired) electrons. The van der Waals surface area contributed by atoms with E-state index in [1.807, 2.05) is 26.2 Å². The van der Waals surface area contributed by atoms with Crippen LogP contribution in [0.25, 0.3) is 0 Å². The predicted octanol–water partition coefficient (Wildman–Crippen LogP) is 1.65. The smallest absolute Gasteiger partial charge is 0.171 e. The summed E-state index contributed by atoms with van der Waals surface area (Å²) < 4.78 is 0. The fourth-order valence-electron chi connectivity index (χ4n) is 3.13. The number of carbonyl (C=O) groups excluding carboxylic acids is 2. The van der Waals surface area contributed by atoms with E-state index in [1.54, 1.807) is 0 Å². The molecule has 3 rings (SSSR count). The number of hydrogen-bond acceptors (Lipinski definition) is 5. The second kappa shape index (κ2) is 5.57. The Bertz CT molecular complexity index is 664. The molecule has 0 saturated carbocycles. The third-order valence-electron chi connectivity index (χ3n) is 4.16. The summed E-state index contributed by atoms with van der Waals surface area (Å²) in [7, 11) is 4.04. The molecule has 0 atom stereocenters. The predicted molar refractivity (Wildman–Crippen MR) is 87.0 cm³/mol. The van der Waals surface area contributed by atoms with Gasteiger partial charge >= 0.3 is 0 Å². The molecule has 5 nitrogen and oxygen atoms in total. The average molecular weight is 299 g/mol. The van der Waals surface area contributed by atoms with Crippen LogP contribution in [0, 0.1) is 0 Å². The lowest BCUT2D eigenvalue weighted by Gasteiger charge is -2.31. The summed E-state index contributed by atoms with van der Waals surface area (Å²) >= 11 is 0. The Hall–Kier alpha value is -2.14. The summed E-state index contributed by atoms with van der Waals surface area (Å²) in [5.41, 5.74) is 2.51. The van der Waals surface area contributed by atoms with Gasteiger partial charge in [-0.3, -0.25) is 9.59 Å². The van der Waals surface area contributed by atoms with E-state index in [-0.39, 0.29) is 11.6 Å². The summed E-state index contributed by atoms with van der Waals surface area (Å²) in [6.07, 6.45) is 0.397. The van der Waals surface area contributed by atoms with Gasteiger partial charge in [0.1, 0.15) is 11.4 Å². The van der Waals surface area contributed by atoms with Crippen LogP contribution in [0.1, 0.15) is 13.3 Å². The van der Waals surface area contributed by atoms with E-state index in [0.29, 0.717) is 18.5 Å². The monoisotopic (exact) mass is 299 g/mol. The van der Waals surface area contributed by atoms with Gasteiger partial charge in [0.25, 0.3) is 0 Å². The normalized spacial score (nSPS) is 17.2. The van der Waals surface area contributed by atoms with Crippen LogP contribution in [0.15, 0.2) is 35.7 Å². The second-order valence-corrected chi connectivity index (χ2v) is 6.02. The second-order valence-electron chi connectivity index (χ2n) is 6.02. The number of benzene rings is 1. The molecule has 0 spiro atoms. The minimum atomic E-state index is -0.146. The summed E-state index contributed by atoms with van der Waals surface area (Å²) in [6, 6.07) is 8.10. The lowest BCUT2D eigenvalue weighted by Crippen LogP contribution is -2.40. The first-order valence-electron chi connectivity index (χ1n) is 7.58. The van der Waals surface area contributed by atoms with E-state index in [9.17, 15) is 9.59 Å². The first-order chi connectivity index (χ1) is 10.5. The zero-order valence-corrected chi connectivity index (χ0v) is 13.3. The van der Waals surface area contributed by atoms with Crippen LogP contribution in [0.3, 0.4) is 0 Å². The Labute approximate surface area is 130 Å². The van der Waals surface area contributed by atoms with Gasteiger partial charge in [-0.2, -0.15) is 0 Å². The molecule has 0 unspecified atom stereocenters. The van der Waals surface area contributed by atoms with Gasteiger partial charge in [0.15, 0.2) is 11.6 Å². The van der Waals surface area contributed by atoms with E-state index in [4.69, 9.17) is 0 Å². The Morgan fingerprint density at radius 1 is 1.23 bits per heavy atom. The maximum atomic E-state index is 12.3. The molecule has 5 heteroatoms. The maximum absolute atomic E-state index is 12.3. The molecule has 1 aromatic carbocycles. The van der Waals surface area contributed by atoms with Gasteiger partial charge in [0, 0.05) is 26.1 Å². The number of carbonyl (C=O) groups is 2. The van der Waals surface area contributed by atoms with Crippen LogP contribution in [-0.4, -0.2) is 50.2 Å². The molecule has 0 aromatic heterocycles. The molecule has 116 valence electrons. The lowest BCUT2D eigenvalue weighted by molar-refractivity contribution is -0.120. The van der Waals surface area contributed by atoms with Gasteiger partial charge in [0.05, 0.1) is 11.4 Å². The summed E-state index contributed by atoms with van der Waals surface area (Å²) in [6.45, 7) is 3.72. The summed E-state index contributed by atoms with van der Waals surface area (Å²) in [5.74, 6) is 0.584. The number of rotatable bonds is 4. The topological polar surface area (TPSA) is 43.9 Å². The van der Waals surface area contributed by atoms with Crippen molar-refractivity contribution in [2.75, 3.05) is 43.5 Å². The largest absolute Gasteiger partial charge is 0.325 e. The number of fused-ring (bicyclic) bond motifs is 3. The number of para-hydroxylation sites is 2. The molecular weight excluding hydrogens is 278 g/mol. The standard InChI is InChI=1S/C17H21N3O2/c1-12(21)16-15(22)8-9-19-13-6-4-5-7-14(13)20(17(16)19)11-10-18(2)3/h4-7H,8-11H2,1-3H3. The summed E-state index contributed by atoms with van der Waals surface area (Å²) in [4.78, 5) is 30.6. The molecule has 0 amide bonds. The first kappa shape index (κ1) is 14.8. The SMILES string of the molecule is CC(=O)C1=C2N(CCC1=O)c1ccccc1N2CCN(C)C. The Balaban J connectivity index is 2.13. The molecular formula is C17H21N3O2. The molecule has 0 saturated heterocycles. The van der Waals surface area contributed by atoms with Gasteiger partial charge in [0.2, 0.25) is 0 Å². The quantitative estimate of drug-likeness (QED) is 0.791. The van der Waals surface area contributed by atoms with Gasteiger partial charge < -0.3 is 14.7 Å². The van der Waals surface area contributed by atoms with Crippen LogP contribution >= 0.6 is 0 Å². The van der Waals surface area contributed by atoms with Crippen molar-refractivity contribution in [2.24, 2.45) is 0 Å². The third-order valence-corrected chi connectivity index (χ3v) is 4.16. The number of nitrogens with zero attached hydrogens (tertiary/aromatic N) is 3. The zero-order valence-electron chi connectivity index (χ0n) is 13.3. The van der Waals surface area contributed by atoms with Crippen LogP contribution in [-0.2, 0) is 9.59 Å². The van der Waals surface area contributed by atoms with E-state index in [0.717, 1.165) is 30.3 Å². The van der Waals surface area contributed by atoms with Crippen molar-refractivity contribution >= 4 is 22.9 Å². The number of Topliss-reactive ketones (excluding diaryl/α,β-unsaturated/α-hetero) is 2. The van der Waals surface area contributed by atoms with Crippen LogP contribution in [0.4, 0.5) is 11.4 Å². The lowest BCUT2D eigenvalue weighted by atomic mass is 10.0. The molecule has 0 N–H and O–H groups in total. The molecule has 1 aromatic rings. The van der Waals surface area contributed by atoms with E-state index in [2.05, 4.69) is 26.8 Å².